The van der Waals surface area contributed by atoms with E-state index in [1.165, 1.54) is 34.7 Å². The van der Waals surface area contributed by atoms with Gasteiger partial charge in [0.05, 0.1) is 23.8 Å². The molecule has 3 aromatic rings. The normalized spacial score (nSPS) is 12.3. The van der Waals surface area contributed by atoms with E-state index in [9.17, 15) is 14.3 Å². The van der Waals surface area contributed by atoms with Crippen LogP contribution in [-0.4, -0.2) is 27.4 Å². The van der Waals surface area contributed by atoms with E-state index < -0.39 is 11.9 Å². The fourth-order valence-corrected chi connectivity index (χ4v) is 2.56. The van der Waals surface area contributed by atoms with Gasteiger partial charge in [-0.05, 0) is 36.2 Å². The van der Waals surface area contributed by atoms with Gasteiger partial charge in [0.25, 0.3) is 5.56 Å². The van der Waals surface area contributed by atoms with Gasteiger partial charge in [-0.15, -0.1) is 0 Å². The molecule has 1 atom stereocenters. The van der Waals surface area contributed by atoms with Crippen molar-refractivity contribution in [3.05, 3.63) is 70.5 Å². The SMILES string of the molecule is CCc1ccc(OC[C@@H](O)Cn2cnc3cc(F)ccc3c2=O)cc1. The number of halogens is 1. The lowest BCUT2D eigenvalue weighted by molar-refractivity contribution is 0.0915. The Bertz CT molecular complexity index is 922. The summed E-state index contributed by atoms with van der Waals surface area (Å²) in [6.45, 7) is 2.18. The van der Waals surface area contributed by atoms with E-state index in [1.54, 1.807) is 0 Å². The molecule has 130 valence electrons. The van der Waals surface area contributed by atoms with Crippen molar-refractivity contribution in [3.8, 4) is 5.75 Å². The monoisotopic (exact) mass is 342 g/mol. The second-order valence-corrected chi connectivity index (χ2v) is 5.83. The van der Waals surface area contributed by atoms with E-state index in [-0.39, 0.29) is 18.7 Å². The minimum atomic E-state index is -0.872. The lowest BCUT2D eigenvalue weighted by atomic mass is 10.2. The fourth-order valence-electron chi connectivity index (χ4n) is 2.56. The van der Waals surface area contributed by atoms with Crippen molar-refractivity contribution in [1.82, 2.24) is 9.55 Å². The summed E-state index contributed by atoms with van der Waals surface area (Å²) >= 11 is 0. The zero-order valence-electron chi connectivity index (χ0n) is 13.9. The highest BCUT2D eigenvalue weighted by molar-refractivity contribution is 5.77. The molecule has 3 rings (SSSR count). The van der Waals surface area contributed by atoms with E-state index in [0.717, 1.165) is 6.42 Å². The number of benzene rings is 2. The third-order valence-electron chi connectivity index (χ3n) is 3.97. The first-order valence-electron chi connectivity index (χ1n) is 8.11. The Morgan fingerprint density at radius 1 is 1.24 bits per heavy atom. The molecular weight excluding hydrogens is 323 g/mol. The van der Waals surface area contributed by atoms with Crippen molar-refractivity contribution in [3.63, 3.8) is 0 Å². The molecular formula is C19H19FN2O3. The first-order valence-corrected chi connectivity index (χ1v) is 8.11. The highest BCUT2D eigenvalue weighted by Gasteiger charge is 2.11. The Morgan fingerprint density at radius 3 is 2.72 bits per heavy atom. The first-order chi connectivity index (χ1) is 12.1. The number of rotatable bonds is 6. The first kappa shape index (κ1) is 17.1. The Morgan fingerprint density at radius 2 is 2.00 bits per heavy atom. The van der Waals surface area contributed by atoms with Crippen LogP contribution in [0.2, 0.25) is 0 Å². The van der Waals surface area contributed by atoms with Crippen molar-refractivity contribution in [1.29, 1.82) is 0 Å². The van der Waals surface area contributed by atoms with Gasteiger partial charge in [0, 0.05) is 6.07 Å². The number of aliphatic hydroxyl groups is 1. The molecule has 0 spiro atoms. The molecule has 0 unspecified atom stereocenters. The maximum absolute atomic E-state index is 13.2. The topological polar surface area (TPSA) is 64.3 Å². The summed E-state index contributed by atoms with van der Waals surface area (Å²) in [6, 6.07) is 11.5. The number of aliphatic hydroxyl groups excluding tert-OH is 1. The van der Waals surface area contributed by atoms with Crippen LogP contribution in [0.3, 0.4) is 0 Å². The molecule has 0 amide bonds. The number of hydrogen-bond acceptors (Lipinski definition) is 4. The van der Waals surface area contributed by atoms with Gasteiger partial charge in [-0.25, -0.2) is 9.37 Å². The molecule has 0 fully saturated rings. The van der Waals surface area contributed by atoms with Crippen molar-refractivity contribution in [2.24, 2.45) is 0 Å². The van der Waals surface area contributed by atoms with E-state index in [4.69, 9.17) is 4.74 Å². The fraction of sp³-hybridized carbons (Fsp3) is 0.263. The van der Waals surface area contributed by atoms with Gasteiger partial charge in [-0.2, -0.15) is 0 Å². The Balaban J connectivity index is 1.67. The molecule has 2 aromatic carbocycles. The summed E-state index contributed by atoms with van der Waals surface area (Å²) in [5, 5.41) is 10.4. The minimum absolute atomic E-state index is 0.0478. The third kappa shape index (κ3) is 4.03. The lowest BCUT2D eigenvalue weighted by Crippen LogP contribution is -2.30. The van der Waals surface area contributed by atoms with Crippen LogP contribution in [0.15, 0.2) is 53.6 Å². The standard InChI is InChI=1S/C19H19FN2O3/c1-2-13-3-6-16(7-4-13)25-11-15(23)10-22-12-21-18-9-14(20)5-8-17(18)19(22)24/h3-9,12,15,23H,2,10-11H2,1H3/t15-/m0/s1. The summed E-state index contributed by atoms with van der Waals surface area (Å²) in [5.41, 5.74) is 1.18. The van der Waals surface area contributed by atoms with Crippen LogP contribution in [0, 0.1) is 5.82 Å². The number of fused-ring (bicyclic) bond motifs is 1. The van der Waals surface area contributed by atoms with Crippen molar-refractivity contribution >= 4 is 10.9 Å². The number of hydrogen-bond donors (Lipinski definition) is 1. The molecule has 0 radical (unpaired) electrons. The maximum atomic E-state index is 13.2. The predicted octanol–water partition coefficient (Wildman–Crippen LogP) is 2.54. The molecule has 0 aliphatic rings. The summed E-state index contributed by atoms with van der Waals surface area (Å²) in [6.07, 6.45) is 1.39. The zero-order valence-corrected chi connectivity index (χ0v) is 13.9. The smallest absolute Gasteiger partial charge is 0.261 e. The summed E-state index contributed by atoms with van der Waals surface area (Å²) < 4.78 is 20.0. The van der Waals surface area contributed by atoms with Gasteiger partial charge in [-0.1, -0.05) is 19.1 Å². The van der Waals surface area contributed by atoms with Crippen LogP contribution in [0.5, 0.6) is 5.75 Å². The van der Waals surface area contributed by atoms with Crippen molar-refractivity contribution in [2.75, 3.05) is 6.61 Å². The minimum Gasteiger partial charge on any atom is -0.491 e. The van der Waals surface area contributed by atoms with Gasteiger partial charge in [0.15, 0.2) is 0 Å². The molecule has 1 aromatic heterocycles. The van der Waals surface area contributed by atoms with Gasteiger partial charge in [0.2, 0.25) is 0 Å². The zero-order chi connectivity index (χ0) is 17.8. The molecule has 0 saturated carbocycles. The largest absolute Gasteiger partial charge is 0.491 e. The van der Waals surface area contributed by atoms with Crippen LogP contribution in [0.4, 0.5) is 4.39 Å². The van der Waals surface area contributed by atoms with Crippen molar-refractivity contribution < 1.29 is 14.2 Å². The van der Waals surface area contributed by atoms with Gasteiger partial charge >= 0.3 is 0 Å². The molecule has 0 saturated heterocycles. The van der Waals surface area contributed by atoms with Crippen molar-refractivity contribution in [2.45, 2.75) is 26.0 Å². The average Bonchev–Trinajstić information content (AvgIpc) is 2.62. The second kappa shape index (κ2) is 7.44. The van der Waals surface area contributed by atoms with E-state index in [1.807, 2.05) is 24.3 Å². The molecule has 0 aliphatic heterocycles. The summed E-state index contributed by atoms with van der Waals surface area (Å²) in [4.78, 5) is 16.4. The Kier molecular flexibility index (Phi) is 5.09. The van der Waals surface area contributed by atoms with Crippen LogP contribution in [0.1, 0.15) is 12.5 Å². The van der Waals surface area contributed by atoms with E-state index in [2.05, 4.69) is 11.9 Å². The number of ether oxygens (including phenoxy) is 1. The van der Waals surface area contributed by atoms with E-state index in [0.29, 0.717) is 16.7 Å². The second-order valence-electron chi connectivity index (χ2n) is 5.83. The predicted molar refractivity (Wildman–Crippen MR) is 93.3 cm³/mol. The molecule has 6 heteroatoms. The Labute approximate surface area is 144 Å². The lowest BCUT2D eigenvalue weighted by Gasteiger charge is -2.14. The molecule has 0 bridgehead atoms. The number of aryl methyl sites for hydroxylation is 1. The van der Waals surface area contributed by atoms with Gasteiger partial charge in [-0.3, -0.25) is 9.36 Å². The molecule has 1 heterocycles. The Hall–Kier alpha value is -2.73. The highest BCUT2D eigenvalue weighted by Crippen LogP contribution is 2.13. The summed E-state index contributed by atoms with van der Waals surface area (Å²) in [5.74, 6) is 0.218. The maximum Gasteiger partial charge on any atom is 0.261 e. The quantitative estimate of drug-likeness (QED) is 0.748. The van der Waals surface area contributed by atoms with E-state index >= 15 is 0 Å². The van der Waals surface area contributed by atoms with Gasteiger partial charge < -0.3 is 9.84 Å². The molecule has 0 aliphatic carbocycles. The van der Waals surface area contributed by atoms with Crippen LogP contribution < -0.4 is 10.3 Å². The third-order valence-corrected chi connectivity index (χ3v) is 3.97. The highest BCUT2D eigenvalue weighted by atomic mass is 19.1. The number of nitrogens with zero attached hydrogens (tertiary/aromatic N) is 2. The van der Waals surface area contributed by atoms with Gasteiger partial charge in [0.1, 0.15) is 24.3 Å². The molecule has 1 N–H and O–H groups in total. The average molecular weight is 342 g/mol. The molecule has 25 heavy (non-hydrogen) atoms. The van der Waals surface area contributed by atoms with Crippen LogP contribution >= 0.6 is 0 Å². The van der Waals surface area contributed by atoms with Crippen LogP contribution in [0.25, 0.3) is 10.9 Å². The summed E-state index contributed by atoms with van der Waals surface area (Å²) in [7, 11) is 0. The molecule has 5 nitrogen and oxygen atoms in total. The van der Waals surface area contributed by atoms with Crippen LogP contribution in [-0.2, 0) is 13.0 Å². The number of aromatic nitrogens is 2.